The van der Waals surface area contributed by atoms with Gasteiger partial charge in [-0.2, -0.15) is 0 Å². The second-order valence-corrected chi connectivity index (χ2v) is 17.4. The minimum absolute atomic E-state index is 0.00386. The van der Waals surface area contributed by atoms with Crippen LogP contribution in [0.5, 0.6) is 0 Å². The number of hydrogen-bond acceptors (Lipinski definition) is 6. The van der Waals surface area contributed by atoms with E-state index in [2.05, 4.69) is 77.1 Å². The maximum absolute atomic E-state index is 6.72. The van der Waals surface area contributed by atoms with Crippen LogP contribution in [-0.2, 0) is 20.3 Å². The van der Waals surface area contributed by atoms with E-state index in [-0.39, 0.29) is 27.1 Å². The highest BCUT2D eigenvalue weighted by molar-refractivity contribution is 6.08. The van der Waals surface area contributed by atoms with Crippen LogP contribution in [0, 0.1) is 16.2 Å². The smallest absolute Gasteiger partial charge is 0.0975 e. The largest absolute Gasteiger partial charge is 0.368 e. The molecule has 6 saturated heterocycles. The number of ether oxygens (including phenoxy) is 2. The van der Waals surface area contributed by atoms with Crippen molar-refractivity contribution >= 4 is 17.1 Å². The van der Waals surface area contributed by atoms with Gasteiger partial charge in [-0.1, -0.05) is 50.2 Å². The number of allylic oxidation sites excluding steroid dienone is 1. The molecule has 2 aromatic rings. The predicted octanol–water partition coefficient (Wildman–Crippen LogP) is 5.72. The molecule has 13 rings (SSSR count). The highest BCUT2D eigenvalue weighted by Gasteiger charge is 2.80. The van der Waals surface area contributed by atoms with Crippen molar-refractivity contribution in [1.82, 2.24) is 9.80 Å². The molecule has 0 aromatic heterocycles. The molecule has 6 nitrogen and oxygen atoms in total. The minimum Gasteiger partial charge on any atom is -0.368 e. The van der Waals surface area contributed by atoms with Gasteiger partial charge in [0.25, 0.3) is 0 Å². The highest BCUT2D eigenvalue weighted by atomic mass is 16.6. The van der Waals surface area contributed by atoms with Gasteiger partial charge in [0.1, 0.15) is 0 Å². The Morgan fingerprint density at radius 1 is 0.783 bits per heavy atom. The van der Waals surface area contributed by atoms with Gasteiger partial charge in [-0.15, -0.1) is 0 Å². The van der Waals surface area contributed by atoms with Gasteiger partial charge in [-0.25, -0.2) is 0 Å². The van der Waals surface area contributed by atoms with Gasteiger partial charge >= 0.3 is 0 Å². The molecule has 11 atom stereocenters. The van der Waals surface area contributed by atoms with Gasteiger partial charge in [-0.05, 0) is 86.9 Å². The number of fused-ring (bicyclic) bond motifs is 8. The first-order valence-corrected chi connectivity index (χ1v) is 18.6. The summed E-state index contributed by atoms with van der Waals surface area (Å²) in [4.78, 5) is 14.5. The molecule has 46 heavy (non-hydrogen) atoms. The van der Waals surface area contributed by atoms with Gasteiger partial charge in [0.2, 0.25) is 0 Å². The van der Waals surface area contributed by atoms with Crippen molar-refractivity contribution in [1.29, 1.82) is 0 Å². The van der Waals surface area contributed by atoms with Crippen molar-refractivity contribution in [2.45, 2.75) is 106 Å². The van der Waals surface area contributed by atoms with Crippen molar-refractivity contribution in [3.05, 3.63) is 70.9 Å². The van der Waals surface area contributed by atoms with Crippen LogP contribution < -0.4 is 4.90 Å². The summed E-state index contributed by atoms with van der Waals surface area (Å²) in [6, 6.07) is 20.0. The Balaban J connectivity index is 1.08. The number of hydrogen-bond donors (Lipinski definition) is 0. The molecule has 1 saturated carbocycles. The van der Waals surface area contributed by atoms with Gasteiger partial charge in [-0.3, -0.25) is 14.8 Å². The van der Waals surface area contributed by atoms with Crippen LogP contribution in [-0.4, -0.2) is 84.7 Å². The fraction of sp³-hybridized carbons (Fsp3) is 0.625. The van der Waals surface area contributed by atoms with E-state index in [1.165, 1.54) is 75.0 Å². The van der Waals surface area contributed by atoms with Crippen molar-refractivity contribution in [3.8, 4) is 0 Å². The zero-order chi connectivity index (χ0) is 30.0. The first-order valence-electron chi connectivity index (χ1n) is 18.6. The van der Waals surface area contributed by atoms with Crippen LogP contribution in [0.15, 0.2) is 64.8 Å². The number of aliphatic imine (C=N–C) groups is 1. The number of nitrogens with zero attached hydrogens (tertiary/aromatic N) is 4. The van der Waals surface area contributed by atoms with E-state index in [9.17, 15) is 0 Å². The molecule has 9 heterocycles. The van der Waals surface area contributed by atoms with E-state index in [4.69, 9.17) is 14.5 Å². The topological polar surface area (TPSA) is 47.1 Å². The fourth-order valence-electron chi connectivity index (χ4n) is 15.3. The zero-order valence-corrected chi connectivity index (χ0v) is 27.2. The van der Waals surface area contributed by atoms with E-state index in [0.29, 0.717) is 36.5 Å². The Morgan fingerprint density at radius 3 is 2.24 bits per heavy atom. The van der Waals surface area contributed by atoms with Crippen molar-refractivity contribution < 1.29 is 9.47 Å². The van der Waals surface area contributed by atoms with E-state index in [0.717, 1.165) is 19.6 Å². The maximum Gasteiger partial charge on any atom is 0.0975 e. The fourth-order valence-corrected chi connectivity index (χ4v) is 15.3. The van der Waals surface area contributed by atoms with E-state index in [1.807, 2.05) is 0 Å². The predicted molar refractivity (Wildman–Crippen MR) is 177 cm³/mol. The van der Waals surface area contributed by atoms with Gasteiger partial charge in [0.15, 0.2) is 0 Å². The number of epoxide rings is 2. The van der Waals surface area contributed by atoms with E-state index >= 15 is 0 Å². The van der Waals surface area contributed by atoms with Gasteiger partial charge < -0.3 is 14.4 Å². The molecule has 0 amide bonds. The lowest BCUT2D eigenvalue weighted by atomic mass is 9.43. The van der Waals surface area contributed by atoms with Crippen LogP contribution in [0.4, 0.5) is 11.4 Å². The number of anilines is 1. The highest BCUT2D eigenvalue weighted by Crippen LogP contribution is 2.75. The summed E-state index contributed by atoms with van der Waals surface area (Å²) < 4.78 is 13.4. The molecule has 6 heteroatoms. The summed E-state index contributed by atoms with van der Waals surface area (Å²) in [6.07, 6.45) is 10.1. The normalized spacial score (nSPS) is 50.7. The summed E-state index contributed by atoms with van der Waals surface area (Å²) in [5.41, 5.74) is 11.3. The van der Waals surface area contributed by atoms with Crippen molar-refractivity contribution in [2.75, 3.05) is 37.6 Å². The SMILES string of the molecule is CC[C@@]12C[C@]3(CC4=C5N(C3)c3ccccc3[C@@]53CCN5C[C@H]6O[C@H]6[C@@](CC)(C4)[C@H]53)C3=Nc4ccccc4[C@@]34CCN(C[C@H]3O[C@H]31)[C@@H]24. The average molecular weight is 613 g/mol. The van der Waals surface area contributed by atoms with E-state index in [1.54, 1.807) is 22.5 Å². The average Bonchev–Trinajstić information content (AvgIpc) is 3.90. The second-order valence-electron chi connectivity index (χ2n) is 17.4. The molecule has 0 N–H and O–H groups in total. The van der Waals surface area contributed by atoms with Crippen LogP contribution in [0.3, 0.4) is 0 Å². The Hall–Kier alpha value is -2.51. The molecule has 3 spiro atoms. The molecular formula is C40H44N4O2. The van der Waals surface area contributed by atoms with Crippen LogP contribution in [0.2, 0.25) is 0 Å². The first kappa shape index (κ1) is 25.5. The van der Waals surface area contributed by atoms with Gasteiger partial charge in [0.05, 0.1) is 40.9 Å². The maximum atomic E-state index is 6.72. The van der Waals surface area contributed by atoms with Crippen LogP contribution >= 0.6 is 0 Å². The van der Waals surface area contributed by atoms with Crippen molar-refractivity contribution in [2.24, 2.45) is 21.2 Å². The lowest BCUT2D eigenvalue weighted by molar-refractivity contribution is -0.0218. The number of para-hydroxylation sites is 2. The Kier molecular flexibility index (Phi) is 4.18. The molecule has 236 valence electrons. The lowest BCUT2D eigenvalue weighted by Crippen LogP contribution is -2.71. The summed E-state index contributed by atoms with van der Waals surface area (Å²) in [6.45, 7) is 10.7. The third kappa shape index (κ3) is 2.40. The van der Waals surface area contributed by atoms with Crippen LogP contribution in [0.1, 0.15) is 69.9 Å². The molecule has 9 aliphatic heterocycles. The minimum atomic E-state index is -0.00854. The monoisotopic (exact) mass is 612 g/mol. The second kappa shape index (κ2) is 7.54. The number of rotatable bonds is 2. The zero-order valence-electron chi connectivity index (χ0n) is 27.2. The number of piperidine rings is 2. The molecule has 7 fully saturated rings. The molecule has 2 aliphatic carbocycles. The Morgan fingerprint density at radius 2 is 1.46 bits per heavy atom. The first-order chi connectivity index (χ1) is 22.5. The summed E-state index contributed by atoms with van der Waals surface area (Å²) in [7, 11) is 0. The Labute approximate surface area is 271 Å². The molecule has 2 aromatic carbocycles. The molecule has 0 bridgehead atoms. The quantitative estimate of drug-likeness (QED) is 0.406. The standard InChI is InChI=1S/C40H44N4O2/c1-3-37-18-23-17-36(22-44-27-12-8-6-10-25(27)39(30(23)44)13-15-42(34(37)39)19-28-31(37)45-28)21-38(4-2)32-29(46-32)20-43-16-14-40(35(38)43)24-9-5-7-11-26(24)41-33(36)40/h5-12,28-29,31-32,34-35H,3-4,13-22H2,1-2H3/t28-,29-,31-,32-,34+,35+,36+,37-,38-,39+,40+/m1/s1. The van der Waals surface area contributed by atoms with Crippen molar-refractivity contribution in [3.63, 3.8) is 0 Å². The summed E-state index contributed by atoms with van der Waals surface area (Å²) >= 11 is 0. The van der Waals surface area contributed by atoms with Crippen LogP contribution in [0.25, 0.3) is 0 Å². The van der Waals surface area contributed by atoms with E-state index < -0.39 is 0 Å². The third-order valence-electron chi connectivity index (χ3n) is 16.3. The molecular weight excluding hydrogens is 568 g/mol. The van der Waals surface area contributed by atoms with Gasteiger partial charge in [0, 0.05) is 65.1 Å². The molecule has 0 radical (unpaired) electrons. The molecule has 0 unspecified atom stereocenters. The Bertz CT molecular complexity index is 1870. The lowest BCUT2D eigenvalue weighted by Gasteiger charge is -2.64. The number of benzene rings is 2. The summed E-state index contributed by atoms with van der Waals surface area (Å²) in [5.74, 6) is 0. The molecule has 11 aliphatic rings. The third-order valence-corrected chi connectivity index (χ3v) is 16.3. The summed E-state index contributed by atoms with van der Waals surface area (Å²) in [5, 5.41) is 0.